The maximum absolute atomic E-state index is 13.0. The lowest BCUT2D eigenvalue weighted by atomic mass is 9.60. The van der Waals surface area contributed by atoms with E-state index < -0.39 is 12.0 Å². The highest BCUT2D eigenvalue weighted by Crippen LogP contribution is 2.46. The number of nitrogens with two attached hydrogens (primary N) is 1. The average molecular weight is 314 g/mol. The molecule has 0 bridgehead atoms. The molecular formula is C15H26N2O3S. The van der Waals surface area contributed by atoms with Crippen molar-refractivity contribution in [3.05, 3.63) is 0 Å². The molecule has 2 fully saturated rings. The second-order valence-corrected chi connectivity index (χ2v) is 8.28. The summed E-state index contributed by atoms with van der Waals surface area (Å²) in [5, 5.41) is 9.28. The molecule has 2 rings (SSSR count). The fourth-order valence-corrected chi connectivity index (χ4v) is 4.81. The Kier molecular flexibility index (Phi) is 4.59. The predicted molar refractivity (Wildman–Crippen MR) is 83.8 cm³/mol. The Balaban J connectivity index is 2.24. The van der Waals surface area contributed by atoms with Crippen molar-refractivity contribution in [1.82, 2.24) is 4.90 Å². The third-order valence-corrected chi connectivity index (χ3v) is 6.78. The molecular weight excluding hydrogens is 288 g/mol. The van der Waals surface area contributed by atoms with Crippen molar-refractivity contribution in [1.29, 1.82) is 0 Å². The highest BCUT2D eigenvalue weighted by Gasteiger charge is 2.50. The van der Waals surface area contributed by atoms with Crippen molar-refractivity contribution in [2.24, 2.45) is 23.0 Å². The van der Waals surface area contributed by atoms with Gasteiger partial charge in [-0.3, -0.25) is 4.79 Å². The molecule has 0 aromatic heterocycles. The van der Waals surface area contributed by atoms with E-state index in [4.69, 9.17) is 5.73 Å². The molecule has 6 heteroatoms. The van der Waals surface area contributed by atoms with E-state index >= 15 is 0 Å². The Hall–Kier alpha value is -0.750. The van der Waals surface area contributed by atoms with E-state index in [1.165, 1.54) is 11.8 Å². The van der Waals surface area contributed by atoms with Crippen molar-refractivity contribution in [3.8, 4) is 0 Å². The number of hydrogen-bond acceptors (Lipinski definition) is 4. The number of rotatable bonds is 2. The maximum atomic E-state index is 13.0. The molecule has 5 atom stereocenters. The Bertz CT molecular complexity index is 441. The number of carbonyl (C=O) groups excluding carboxylic acids is 1. The highest BCUT2D eigenvalue weighted by atomic mass is 32.2. The van der Waals surface area contributed by atoms with Gasteiger partial charge in [-0.25, -0.2) is 4.79 Å². The summed E-state index contributed by atoms with van der Waals surface area (Å²) in [4.78, 5) is 26.0. The van der Waals surface area contributed by atoms with Crippen LogP contribution in [0.5, 0.6) is 0 Å². The minimum absolute atomic E-state index is 0.0105. The third-order valence-electron chi connectivity index (χ3n) is 5.56. The Morgan fingerprint density at radius 3 is 2.48 bits per heavy atom. The third kappa shape index (κ3) is 2.80. The number of amides is 1. The normalized spacial score (nSPS) is 39.3. The van der Waals surface area contributed by atoms with Crippen LogP contribution in [0.3, 0.4) is 0 Å². The zero-order valence-corrected chi connectivity index (χ0v) is 14.0. The lowest BCUT2D eigenvalue weighted by molar-refractivity contribution is -0.155. The molecule has 1 aliphatic heterocycles. The van der Waals surface area contributed by atoms with Gasteiger partial charge in [0.1, 0.15) is 6.04 Å². The van der Waals surface area contributed by atoms with Gasteiger partial charge >= 0.3 is 5.97 Å². The quantitative estimate of drug-likeness (QED) is 0.811. The monoisotopic (exact) mass is 314 g/mol. The molecule has 5 nitrogen and oxygen atoms in total. The van der Waals surface area contributed by atoms with Gasteiger partial charge in [0.05, 0.1) is 5.37 Å². The first-order valence-corrected chi connectivity index (χ1v) is 8.65. The molecule has 0 radical (unpaired) electrons. The van der Waals surface area contributed by atoms with Crippen LogP contribution in [0.1, 0.15) is 40.5 Å². The number of carbonyl (C=O) groups is 2. The first kappa shape index (κ1) is 16.6. The van der Waals surface area contributed by atoms with Gasteiger partial charge in [-0.1, -0.05) is 20.8 Å². The lowest BCUT2D eigenvalue weighted by Gasteiger charge is -2.47. The first-order valence-electron chi connectivity index (χ1n) is 7.60. The predicted octanol–water partition coefficient (Wildman–Crippen LogP) is 1.76. The lowest BCUT2D eigenvalue weighted by Crippen LogP contribution is -2.55. The van der Waals surface area contributed by atoms with E-state index in [-0.39, 0.29) is 34.6 Å². The summed E-state index contributed by atoms with van der Waals surface area (Å²) in [6, 6.07) is -0.580. The van der Waals surface area contributed by atoms with Crippen LogP contribution in [-0.4, -0.2) is 45.1 Å². The highest BCUT2D eigenvalue weighted by molar-refractivity contribution is 8.00. The van der Waals surface area contributed by atoms with Gasteiger partial charge in [-0.2, -0.15) is 0 Å². The van der Waals surface area contributed by atoms with Crippen molar-refractivity contribution in [2.45, 2.75) is 58.0 Å². The standard InChI is InChI=1S/C15H26N2O3S/c1-8-11(16)6-5-10(15(8,3)4)13(18)17-9(2)21-7-12(17)14(19)20/h8-12H,5-7,16H2,1-4H3,(H,19,20). The molecule has 1 heterocycles. The summed E-state index contributed by atoms with van der Waals surface area (Å²) in [5.41, 5.74) is 5.95. The van der Waals surface area contributed by atoms with Crippen LogP contribution in [0.4, 0.5) is 0 Å². The van der Waals surface area contributed by atoms with Gasteiger partial charge in [0.15, 0.2) is 0 Å². The van der Waals surface area contributed by atoms with Crippen LogP contribution in [0.15, 0.2) is 0 Å². The number of nitrogens with zero attached hydrogens (tertiary/aromatic N) is 1. The second-order valence-electron chi connectivity index (χ2n) is 6.94. The van der Waals surface area contributed by atoms with Gasteiger partial charge < -0.3 is 15.7 Å². The average Bonchev–Trinajstić information content (AvgIpc) is 2.77. The SMILES string of the molecule is CC1SCC(C(=O)O)N1C(=O)C1CCC(N)C(C)C1(C)C. The van der Waals surface area contributed by atoms with Crippen LogP contribution in [0.25, 0.3) is 0 Å². The summed E-state index contributed by atoms with van der Waals surface area (Å²) < 4.78 is 0. The molecule has 21 heavy (non-hydrogen) atoms. The summed E-state index contributed by atoms with van der Waals surface area (Å²) in [5.74, 6) is -0.337. The van der Waals surface area contributed by atoms with Crippen molar-refractivity contribution in [2.75, 3.05) is 5.75 Å². The Labute approximate surface area is 130 Å². The van der Waals surface area contributed by atoms with Crippen LogP contribution in [-0.2, 0) is 9.59 Å². The largest absolute Gasteiger partial charge is 0.480 e. The van der Waals surface area contributed by atoms with Gasteiger partial charge in [0.2, 0.25) is 5.91 Å². The van der Waals surface area contributed by atoms with Crippen molar-refractivity contribution < 1.29 is 14.7 Å². The fourth-order valence-electron chi connectivity index (χ4n) is 3.64. The van der Waals surface area contributed by atoms with E-state index in [0.29, 0.717) is 5.75 Å². The molecule has 2 aliphatic rings. The van der Waals surface area contributed by atoms with Gasteiger partial charge in [0, 0.05) is 17.7 Å². The van der Waals surface area contributed by atoms with E-state index in [1.807, 2.05) is 6.92 Å². The van der Waals surface area contributed by atoms with Gasteiger partial charge in [-0.15, -0.1) is 11.8 Å². The molecule has 1 aliphatic carbocycles. The molecule has 1 amide bonds. The molecule has 0 aromatic carbocycles. The van der Waals surface area contributed by atoms with Crippen LogP contribution >= 0.6 is 11.8 Å². The minimum Gasteiger partial charge on any atom is -0.480 e. The first-order chi connectivity index (χ1) is 9.67. The summed E-state index contributed by atoms with van der Waals surface area (Å²) in [7, 11) is 0. The van der Waals surface area contributed by atoms with E-state index in [0.717, 1.165) is 12.8 Å². The maximum Gasteiger partial charge on any atom is 0.327 e. The van der Waals surface area contributed by atoms with E-state index in [1.54, 1.807) is 4.90 Å². The summed E-state index contributed by atoms with van der Waals surface area (Å²) in [6.45, 7) is 8.18. The molecule has 1 saturated heterocycles. The molecule has 5 unspecified atom stereocenters. The van der Waals surface area contributed by atoms with Crippen molar-refractivity contribution >= 4 is 23.6 Å². The zero-order valence-electron chi connectivity index (χ0n) is 13.2. The molecule has 1 saturated carbocycles. The van der Waals surface area contributed by atoms with Gasteiger partial charge in [0.25, 0.3) is 0 Å². The number of carboxylic acids is 1. The number of thioether (sulfide) groups is 1. The second kappa shape index (κ2) is 5.80. The van der Waals surface area contributed by atoms with Crippen molar-refractivity contribution in [3.63, 3.8) is 0 Å². The molecule has 0 spiro atoms. The molecule has 0 aromatic rings. The molecule has 3 N–H and O–H groups in total. The Morgan fingerprint density at radius 2 is 1.90 bits per heavy atom. The van der Waals surface area contributed by atoms with E-state index in [2.05, 4.69) is 20.8 Å². The zero-order chi connectivity index (χ0) is 15.9. The Morgan fingerprint density at radius 1 is 1.29 bits per heavy atom. The number of carboxylic acid groups (broad SMARTS) is 1. The smallest absolute Gasteiger partial charge is 0.327 e. The number of hydrogen-bond donors (Lipinski definition) is 2. The van der Waals surface area contributed by atoms with Gasteiger partial charge in [-0.05, 0) is 31.1 Å². The van der Waals surface area contributed by atoms with E-state index in [9.17, 15) is 14.7 Å². The fraction of sp³-hybridized carbons (Fsp3) is 0.867. The van der Waals surface area contributed by atoms with Crippen LogP contribution in [0, 0.1) is 17.3 Å². The topological polar surface area (TPSA) is 83.6 Å². The van der Waals surface area contributed by atoms with Crippen LogP contribution < -0.4 is 5.73 Å². The minimum atomic E-state index is -0.904. The number of aliphatic carboxylic acids is 1. The summed E-state index contributed by atoms with van der Waals surface area (Å²) in [6.07, 6.45) is 1.58. The summed E-state index contributed by atoms with van der Waals surface area (Å²) >= 11 is 1.54. The molecule has 120 valence electrons. The van der Waals surface area contributed by atoms with Crippen LogP contribution in [0.2, 0.25) is 0 Å².